The summed E-state index contributed by atoms with van der Waals surface area (Å²) in [5.74, 6) is -6.34. The van der Waals surface area contributed by atoms with Crippen molar-refractivity contribution in [2.24, 2.45) is 0 Å². The van der Waals surface area contributed by atoms with Crippen LogP contribution in [-0.4, -0.2) is 23.5 Å². The van der Waals surface area contributed by atoms with Gasteiger partial charge < -0.3 is 10.4 Å². The summed E-state index contributed by atoms with van der Waals surface area (Å²) >= 11 is 0. The first-order chi connectivity index (χ1) is 7.75. The van der Waals surface area contributed by atoms with Crippen LogP contribution in [0.3, 0.4) is 0 Å². The normalized spacial score (nSPS) is 14.1. The van der Waals surface area contributed by atoms with Crippen LogP contribution in [-0.2, 0) is 11.3 Å². The molecule has 0 fully saturated rings. The summed E-state index contributed by atoms with van der Waals surface area (Å²) in [6.07, 6.45) is 0. The Morgan fingerprint density at radius 1 is 1.47 bits per heavy atom. The maximum absolute atomic E-state index is 13.0. The summed E-state index contributed by atoms with van der Waals surface area (Å²) < 4.78 is 38.9. The van der Waals surface area contributed by atoms with Gasteiger partial charge in [-0.1, -0.05) is 30.3 Å². The van der Waals surface area contributed by atoms with Gasteiger partial charge in [0.15, 0.2) is 0 Å². The molecule has 1 amide bonds. The van der Waals surface area contributed by atoms with Gasteiger partial charge in [-0.2, -0.15) is 8.78 Å². The largest absolute Gasteiger partial charge is 0.390 e. The second kappa shape index (κ2) is 4.84. The molecule has 0 atom stereocenters. The molecular formula is C10H11F2NO2. The number of nitrogens with one attached hydrogen (secondary N) is 1. The molecule has 1 aromatic carbocycles. The van der Waals surface area contributed by atoms with Crippen LogP contribution >= 0.6 is 0 Å². The number of rotatable bonds is 4. The van der Waals surface area contributed by atoms with Crippen molar-refractivity contribution < 1.29 is 21.4 Å². The lowest BCUT2D eigenvalue weighted by atomic mass is 10.2. The molecule has 0 aromatic heterocycles. The zero-order chi connectivity index (χ0) is 13.1. The molecule has 3 nitrogen and oxygen atoms in total. The zero-order valence-electron chi connectivity index (χ0n) is 9.71. The molecule has 1 aromatic rings. The Labute approximate surface area is 88.5 Å². The van der Waals surface area contributed by atoms with Crippen molar-refractivity contribution in [3.8, 4) is 0 Å². The maximum atomic E-state index is 13.0. The number of halogens is 2. The van der Waals surface area contributed by atoms with Crippen molar-refractivity contribution in [2.45, 2.75) is 12.5 Å². The molecule has 0 aliphatic carbocycles. The minimum atomic E-state index is -4.48. The third-order valence-electron chi connectivity index (χ3n) is 1.72. The first-order valence-corrected chi connectivity index (χ1v) is 4.17. The van der Waals surface area contributed by atoms with Crippen LogP contribution in [0.2, 0.25) is 0 Å². The number of hydrogen-bond donors (Lipinski definition) is 2. The van der Waals surface area contributed by atoms with E-state index in [1.165, 1.54) is 0 Å². The fourth-order valence-electron chi connectivity index (χ4n) is 0.940. The van der Waals surface area contributed by atoms with Crippen molar-refractivity contribution >= 4 is 5.91 Å². The number of hydrogen-bond acceptors (Lipinski definition) is 2. The van der Waals surface area contributed by atoms with Gasteiger partial charge in [0.1, 0.15) is 6.56 Å². The van der Waals surface area contributed by atoms with E-state index in [1.807, 2.05) is 5.32 Å². The molecule has 5 heteroatoms. The SMILES string of the molecule is [2H]C([2H])(O)C(F)(F)C(=O)NCc1ccccc1. The second-order valence-corrected chi connectivity index (χ2v) is 2.85. The monoisotopic (exact) mass is 217 g/mol. The Morgan fingerprint density at radius 3 is 2.60 bits per heavy atom. The molecule has 0 radical (unpaired) electrons. The lowest BCUT2D eigenvalue weighted by Gasteiger charge is -2.12. The molecule has 0 heterocycles. The first kappa shape index (κ1) is 8.79. The van der Waals surface area contributed by atoms with Gasteiger partial charge in [0, 0.05) is 6.54 Å². The molecular weight excluding hydrogens is 204 g/mol. The Bertz CT molecular complexity index is 393. The molecule has 2 N–H and O–H groups in total. The molecule has 1 rings (SSSR count). The number of carbonyl (C=O) groups is 1. The fourth-order valence-corrected chi connectivity index (χ4v) is 0.940. The van der Waals surface area contributed by atoms with E-state index in [9.17, 15) is 13.6 Å². The predicted molar refractivity (Wildman–Crippen MR) is 50.3 cm³/mol. The summed E-state index contributed by atoms with van der Waals surface area (Å²) in [5.41, 5.74) is 0.593. The summed E-state index contributed by atoms with van der Waals surface area (Å²) in [6, 6.07) is 8.31. The second-order valence-electron chi connectivity index (χ2n) is 2.85. The number of aliphatic hydroxyl groups is 1. The lowest BCUT2D eigenvalue weighted by molar-refractivity contribution is -0.151. The van der Waals surface area contributed by atoms with Crippen molar-refractivity contribution in [1.82, 2.24) is 5.32 Å². The minimum Gasteiger partial charge on any atom is -0.390 e. The Morgan fingerprint density at radius 2 is 2.07 bits per heavy atom. The zero-order valence-corrected chi connectivity index (χ0v) is 7.71. The van der Waals surface area contributed by atoms with Gasteiger partial charge in [-0.25, -0.2) is 0 Å². The average Bonchev–Trinajstić information content (AvgIpc) is 2.25. The van der Waals surface area contributed by atoms with Gasteiger partial charge in [-0.05, 0) is 5.56 Å². The highest BCUT2D eigenvalue weighted by atomic mass is 19.3. The van der Waals surface area contributed by atoms with Crippen LogP contribution in [0.5, 0.6) is 0 Å². The van der Waals surface area contributed by atoms with Gasteiger partial charge in [0.05, 0.1) is 2.74 Å². The summed E-state index contributed by atoms with van der Waals surface area (Å²) in [5, 5.41) is 10.4. The van der Waals surface area contributed by atoms with E-state index in [0.717, 1.165) is 0 Å². The number of carbonyl (C=O) groups excluding carboxylic acids is 1. The maximum Gasteiger partial charge on any atom is 0.346 e. The molecule has 0 aliphatic rings. The third kappa shape index (κ3) is 3.28. The predicted octanol–water partition coefficient (Wildman–Crippen LogP) is 0.930. The van der Waals surface area contributed by atoms with Gasteiger partial charge in [-0.3, -0.25) is 4.79 Å². The van der Waals surface area contributed by atoms with Crippen LogP contribution in [0.1, 0.15) is 8.30 Å². The van der Waals surface area contributed by atoms with Crippen molar-refractivity contribution in [2.75, 3.05) is 6.56 Å². The van der Waals surface area contributed by atoms with Crippen LogP contribution in [0, 0.1) is 0 Å². The van der Waals surface area contributed by atoms with E-state index in [4.69, 9.17) is 7.85 Å². The van der Waals surface area contributed by atoms with E-state index in [1.54, 1.807) is 30.3 Å². The first-order valence-electron chi connectivity index (χ1n) is 5.17. The summed E-state index contributed by atoms with van der Waals surface area (Å²) in [4.78, 5) is 11.0. The smallest absolute Gasteiger partial charge is 0.346 e. The highest BCUT2D eigenvalue weighted by Gasteiger charge is 2.37. The average molecular weight is 217 g/mol. The molecule has 0 spiro atoms. The molecule has 15 heavy (non-hydrogen) atoms. The molecule has 0 aliphatic heterocycles. The summed E-state index contributed by atoms with van der Waals surface area (Å²) in [6.45, 7) is -4.04. The van der Waals surface area contributed by atoms with E-state index >= 15 is 0 Å². The Hall–Kier alpha value is -1.49. The molecule has 0 saturated carbocycles. The molecule has 0 saturated heterocycles. The fraction of sp³-hybridized carbons (Fsp3) is 0.300. The number of amides is 1. The van der Waals surface area contributed by atoms with Crippen LogP contribution in [0.15, 0.2) is 30.3 Å². The van der Waals surface area contributed by atoms with Gasteiger partial charge in [0.25, 0.3) is 5.91 Å². The van der Waals surface area contributed by atoms with Crippen LogP contribution < -0.4 is 5.32 Å². The van der Waals surface area contributed by atoms with Gasteiger partial charge in [0.2, 0.25) is 0 Å². The number of alkyl halides is 2. The van der Waals surface area contributed by atoms with E-state index in [0.29, 0.717) is 5.56 Å². The van der Waals surface area contributed by atoms with Crippen molar-refractivity contribution in [3.63, 3.8) is 0 Å². The third-order valence-corrected chi connectivity index (χ3v) is 1.72. The standard InChI is InChI=1S/C10H11F2NO2/c11-10(12,7-14)9(15)13-6-8-4-2-1-3-5-8/h1-5,14H,6-7H2,(H,13,15)/i7D2. The molecule has 0 unspecified atom stereocenters. The highest BCUT2D eigenvalue weighted by Crippen LogP contribution is 2.12. The van der Waals surface area contributed by atoms with Gasteiger partial charge >= 0.3 is 5.92 Å². The lowest BCUT2D eigenvalue weighted by Crippen LogP contribution is -2.42. The Balaban J connectivity index is 2.62. The van der Waals surface area contributed by atoms with E-state index in [2.05, 4.69) is 0 Å². The van der Waals surface area contributed by atoms with Crippen LogP contribution in [0.4, 0.5) is 8.78 Å². The minimum absolute atomic E-state index is 0.161. The van der Waals surface area contributed by atoms with E-state index in [-0.39, 0.29) is 6.54 Å². The van der Waals surface area contributed by atoms with Crippen LogP contribution in [0.25, 0.3) is 0 Å². The summed E-state index contributed by atoms with van der Waals surface area (Å²) in [7, 11) is 0. The topological polar surface area (TPSA) is 49.3 Å². The molecule has 82 valence electrons. The quantitative estimate of drug-likeness (QED) is 0.788. The molecule has 0 bridgehead atoms. The van der Waals surface area contributed by atoms with Crippen molar-refractivity contribution in [3.05, 3.63) is 35.9 Å². The Kier molecular flexibility index (Phi) is 2.83. The van der Waals surface area contributed by atoms with Gasteiger partial charge in [-0.15, -0.1) is 0 Å². The van der Waals surface area contributed by atoms with E-state index < -0.39 is 18.4 Å². The number of benzene rings is 1. The van der Waals surface area contributed by atoms with Crippen molar-refractivity contribution in [1.29, 1.82) is 0 Å². The highest BCUT2D eigenvalue weighted by molar-refractivity contribution is 5.83.